The quantitative estimate of drug-likeness (QED) is 0.276. The lowest BCUT2D eigenvalue weighted by Crippen LogP contribution is -2.67. The Hall–Kier alpha value is -2.23. The summed E-state index contributed by atoms with van der Waals surface area (Å²) in [6.07, 6.45) is 10.1. The first-order valence-electron chi connectivity index (χ1n) is 16.3. The maximum absolute atomic E-state index is 13.5. The van der Waals surface area contributed by atoms with E-state index in [-0.39, 0.29) is 33.0 Å². The van der Waals surface area contributed by atoms with Gasteiger partial charge in [-0.1, -0.05) is 58.9 Å². The van der Waals surface area contributed by atoms with Crippen LogP contribution >= 0.6 is 0 Å². The summed E-state index contributed by atoms with van der Waals surface area (Å²) < 4.78 is 5.56. The molecule has 0 radical (unpaired) electrons. The molecule has 4 heteroatoms. The molecule has 5 aliphatic rings. The van der Waals surface area contributed by atoms with Crippen LogP contribution in [-0.2, 0) is 21.4 Å². The van der Waals surface area contributed by atoms with Gasteiger partial charge in [-0.15, -0.1) is 0 Å². The smallest absolute Gasteiger partial charge is 0.312 e. The molecule has 9 atom stereocenters. The third-order valence-electron chi connectivity index (χ3n) is 14.6. The zero-order valence-corrected chi connectivity index (χ0v) is 26.5. The predicted octanol–water partition coefficient (Wildman–Crippen LogP) is 8.47. The van der Waals surface area contributed by atoms with Crippen LogP contribution in [0.15, 0.2) is 36.4 Å². The van der Waals surface area contributed by atoms with Crippen LogP contribution in [0.3, 0.4) is 0 Å². The number of carbonyl (C=O) groups excluding carboxylic acids is 1. The Labute approximate surface area is 247 Å². The summed E-state index contributed by atoms with van der Waals surface area (Å²) in [7, 11) is 1.60. The Morgan fingerprint density at radius 2 is 1.59 bits per heavy atom. The number of allylic oxidation sites excluding steroid dienone is 1. The van der Waals surface area contributed by atoms with Gasteiger partial charge in [-0.3, -0.25) is 4.79 Å². The monoisotopic (exact) mass is 554 g/mol. The van der Waals surface area contributed by atoms with Crippen LogP contribution in [0.5, 0.6) is 0 Å². The highest BCUT2D eigenvalue weighted by Crippen LogP contribution is 2.77. The minimum atomic E-state index is -0.324. The van der Waals surface area contributed by atoms with Crippen LogP contribution in [0.1, 0.15) is 104 Å². The summed E-state index contributed by atoms with van der Waals surface area (Å²) >= 11 is 0. The van der Waals surface area contributed by atoms with Gasteiger partial charge in [-0.25, -0.2) is 9.97 Å². The van der Waals surface area contributed by atoms with Gasteiger partial charge in [0.1, 0.15) is 0 Å². The van der Waals surface area contributed by atoms with Crippen LogP contribution in [-0.4, -0.2) is 23.0 Å². The van der Waals surface area contributed by atoms with E-state index < -0.39 is 0 Å². The highest BCUT2D eigenvalue weighted by Gasteiger charge is 2.72. The second-order valence-electron chi connectivity index (χ2n) is 16.2. The minimum Gasteiger partial charge on any atom is -0.469 e. The average Bonchev–Trinajstić information content (AvgIpc) is 3.33. The predicted molar refractivity (Wildman–Crippen MR) is 164 cm³/mol. The molecule has 220 valence electrons. The second kappa shape index (κ2) is 8.66. The summed E-state index contributed by atoms with van der Waals surface area (Å²) in [5.41, 5.74) is 6.05. The molecule has 0 N–H and O–H groups in total. The van der Waals surface area contributed by atoms with Crippen molar-refractivity contribution in [3.8, 4) is 0 Å². The number of fused-ring (bicyclic) bond motifs is 9. The van der Waals surface area contributed by atoms with Crippen LogP contribution in [0.4, 0.5) is 0 Å². The standard InChI is InChI=1S/C37H50N2O2/c1-22(2)23-15-18-37(32(40)41-8)20-19-35(6)24(30(23)37)13-14-29-34(5)21-27-31(39-26-12-10-9-11-25(26)38-27)33(3,4)28(34)16-17-36(29,35)7/h9-12,23-24,28-30H,1,13-21H2,2-8H3/t23-,24+,28-,29+,30+,34-,35+,36+,37-/m0/s1. The van der Waals surface area contributed by atoms with Gasteiger partial charge in [-0.05, 0) is 123 Å². The van der Waals surface area contributed by atoms with Gasteiger partial charge in [-0.2, -0.15) is 0 Å². The molecule has 1 aromatic heterocycles. The fraction of sp³-hybridized carbons (Fsp3) is 0.703. The third kappa shape index (κ3) is 3.31. The fourth-order valence-electron chi connectivity index (χ4n) is 12.7. The molecule has 0 bridgehead atoms. The Bertz CT molecular complexity index is 1450. The first kappa shape index (κ1) is 27.6. The molecule has 4 nitrogen and oxygen atoms in total. The van der Waals surface area contributed by atoms with Crippen LogP contribution in [0, 0.1) is 51.2 Å². The Balaban J connectivity index is 1.32. The molecule has 5 aliphatic carbocycles. The highest BCUT2D eigenvalue weighted by atomic mass is 16.5. The van der Waals surface area contributed by atoms with E-state index in [1.165, 1.54) is 42.6 Å². The lowest BCUT2D eigenvalue weighted by Gasteiger charge is -2.72. The van der Waals surface area contributed by atoms with E-state index in [0.29, 0.717) is 29.6 Å². The van der Waals surface area contributed by atoms with Crippen LogP contribution in [0.2, 0.25) is 0 Å². The highest BCUT2D eigenvalue weighted by molar-refractivity contribution is 5.78. The van der Waals surface area contributed by atoms with E-state index in [4.69, 9.17) is 14.7 Å². The largest absolute Gasteiger partial charge is 0.469 e. The molecule has 0 amide bonds. The zero-order chi connectivity index (χ0) is 29.2. The van der Waals surface area contributed by atoms with E-state index in [9.17, 15) is 4.79 Å². The molecule has 4 fully saturated rings. The molecule has 1 heterocycles. The maximum atomic E-state index is 13.5. The van der Waals surface area contributed by atoms with Gasteiger partial charge < -0.3 is 4.74 Å². The molecular weight excluding hydrogens is 504 g/mol. The molecular formula is C37H50N2O2. The van der Waals surface area contributed by atoms with Crippen molar-refractivity contribution in [1.82, 2.24) is 9.97 Å². The van der Waals surface area contributed by atoms with Crippen molar-refractivity contribution in [2.75, 3.05) is 7.11 Å². The summed E-state index contributed by atoms with van der Waals surface area (Å²) in [6, 6.07) is 8.40. The summed E-state index contributed by atoms with van der Waals surface area (Å²) in [6.45, 7) is 19.5. The Morgan fingerprint density at radius 1 is 0.878 bits per heavy atom. The number of esters is 1. The Morgan fingerprint density at radius 3 is 2.27 bits per heavy atom. The first-order valence-corrected chi connectivity index (χ1v) is 16.3. The normalized spacial score (nSPS) is 44.1. The number of hydrogen-bond donors (Lipinski definition) is 0. The number of benzene rings is 1. The van der Waals surface area contributed by atoms with Gasteiger partial charge in [0.25, 0.3) is 0 Å². The van der Waals surface area contributed by atoms with Crippen molar-refractivity contribution in [1.29, 1.82) is 0 Å². The summed E-state index contributed by atoms with van der Waals surface area (Å²) in [4.78, 5) is 24.1. The molecule has 4 saturated carbocycles. The number of para-hydroxylation sites is 2. The number of ether oxygens (including phenoxy) is 1. The van der Waals surface area contributed by atoms with Gasteiger partial charge >= 0.3 is 5.97 Å². The third-order valence-corrected chi connectivity index (χ3v) is 14.6. The topological polar surface area (TPSA) is 52.1 Å². The first-order chi connectivity index (χ1) is 19.3. The molecule has 0 spiro atoms. The molecule has 0 saturated heterocycles. The van der Waals surface area contributed by atoms with E-state index >= 15 is 0 Å². The molecule has 2 aromatic rings. The fourth-order valence-corrected chi connectivity index (χ4v) is 12.7. The van der Waals surface area contributed by atoms with Gasteiger partial charge in [0.2, 0.25) is 0 Å². The van der Waals surface area contributed by atoms with Crippen molar-refractivity contribution in [2.45, 2.75) is 105 Å². The molecule has 0 unspecified atom stereocenters. The number of aromatic nitrogens is 2. The van der Waals surface area contributed by atoms with Crippen molar-refractivity contribution < 1.29 is 9.53 Å². The molecule has 0 aliphatic heterocycles. The molecule has 1 aromatic carbocycles. The maximum Gasteiger partial charge on any atom is 0.312 e. The van der Waals surface area contributed by atoms with Crippen molar-refractivity contribution >= 4 is 17.0 Å². The second-order valence-corrected chi connectivity index (χ2v) is 16.2. The van der Waals surface area contributed by atoms with Crippen LogP contribution in [0.25, 0.3) is 11.0 Å². The van der Waals surface area contributed by atoms with Crippen molar-refractivity contribution in [3.05, 3.63) is 47.8 Å². The zero-order valence-electron chi connectivity index (χ0n) is 26.5. The average molecular weight is 555 g/mol. The van der Waals surface area contributed by atoms with Crippen LogP contribution < -0.4 is 0 Å². The van der Waals surface area contributed by atoms with E-state index in [0.717, 1.165) is 43.1 Å². The number of methoxy groups -OCH3 is 1. The number of nitrogens with zero attached hydrogens (tertiary/aromatic N) is 2. The van der Waals surface area contributed by atoms with Crippen molar-refractivity contribution in [3.63, 3.8) is 0 Å². The van der Waals surface area contributed by atoms with Gasteiger partial charge in [0.05, 0.1) is 34.9 Å². The lowest BCUT2D eigenvalue weighted by atomic mass is 9.32. The minimum absolute atomic E-state index is 0.0124. The number of hydrogen-bond acceptors (Lipinski definition) is 4. The van der Waals surface area contributed by atoms with Crippen molar-refractivity contribution in [2.24, 2.45) is 51.2 Å². The summed E-state index contributed by atoms with van der Waals surface area (Å²) in [5, 5.41) is 0. The van der Waals surface area contributed by atoms with Gasteiger partial charge in [0, 0.05) is 5.41 Å². The van der Waals surface area contributed by atoms with Gasteiger partial charge in [0.15, 0.2) is 0 Å². The molecule has 7 rings (SSSR count). The number of rotatable bonds is 2. The molecule has 41 heavy (non-hydrogen) atoms. The summed E-state index contributed by atoms with van der Waals surface area (Å²) in [5.74, 6) is 2.58. The van der Waals surface area contributed by atoms with E-state index in [1.807, 2.05) is 0 Å². The lowest BCUT2D eigenvalue weighted by molar-refractivity contribution is -0.228. The Kier molecular flexibility index (Phi) is 5.83. The van der Waals surface area contributed by atoms with E-state index in [2.05, 4.69) is 72.4 Å². The SMILES string of the molecule is C=C(C)[C@@H]1CC[C@]2(C(=O)OC)CC[C@]3(C)[C@H](CC[C@@H]4[C@@]5(C)Cc6nc7ccccc7nc6C(C)(C)[C@@H]5CC[C@]43C)[C@@H]12. The number of carbonyl (C=O) groups is 1. The van der Waals surface area contributed by atoms with E-state index in [1.54, 1.807) is 7.11 Å².